The minimum Gasteiger partial charge on any atom is -0.493 e. The van der Waals surface area contributed by atoms with E-state index in [2.05, 4.69) is 15.3 Å². The van der Waals surface area contributed by atoms with Gasteiger partial charge < -0.3 is 24.5 Å². The SMILES string of the molecule is COc1cc(NC(C)c2nc3sc(C)c(C)c3c(=O)[nH]2)cc(OC)c1OC. The minimum absolute atomic E-state index is 0.115. The van der Waals surface area contributed by atoms with E-state index in [1.807, 2.05) is 32.9 Å². The van der Waals surface area contributed by atoms with Gasteiger partial charge >= 0.3 is 0 Å². The number of nitrogens with one attached hydrogen (secondary N) is 2. The summed E-state index contributed by atoms with van der Waals surface area (Å²) in [7, 11) is 4.70. The fraction of sp³-hybridized carbons (Fsp3) is 0.368. The van der Waals surface area contributed by atoms with E-state index in [0.29, 0.717) is 28.5 Å². The van der Waals surface area contributed by atoms with Crippen molar-refractivity contribution in [2.75, 3.05) is 26.6 Å². The highest BCUT2D eigenvalue weighted by Crippen LogP contribution is 2.40. The molecule has 0 fully saturated rings. The van der Waals surface area contributed by atoms with Crippen molar-refractivity contribution in [3.63, 3.8) is 0 Å². The second-order valence-electron chi connectivity index (χ2n) is 6.19. The summed E-state index contributed by atoms with van der Waals surface area (Å²) in [6, 6.07) is 3.40. The maximum absolute atomic E-state index is 12.5. The van der Waals surface area contributed by atoms with E-state index in [4.69, 9.17) is 14.2 Å². The number of ether oxygens (including phenoxy) is 3. The lowest BCUT2D eigenvalue weighted by molar-refractivity contribution is 0.324. The van der Waals surface area contributed by atoms with E-state index in [1.54, 1.807) is 21.3 Å². The highest BCUT2D eigenvalue weighted by molar-refractivity contribution is 7.18. The summed E-state index contributed by atoms with van der Waals surface area (Å²) >= 11 is 1.53. The molecular weight excluding hydrogens is 366 g/mol. The molecule has 3 rings (SSSR count). The molecule has 0 aliphatic heterocycles. The highest BCUT2D eigenvalue weighted by Gasteiger charge is 2.18. The molecule has 27 heavy (non-hydrogen) atoms. The Kier molecular flexibility index (Phi) is 5.27. The minimum atomic E-state index is -0.229. The molecule has 2 N–H and O–H groups in total. The fourth-order valence-electron chi connectivity index (χ4n) is 2.96. The van der Waals surface area contributed by atoms with Crippen molar-refractivity contribution < 1.29 is 14.2 Å². The lowest BCUT2D eigenvalue weighted by atomic mass is 10.2. The van der Waals surface area contributed by atoms with Crippen LogP contribution in [-0.4, -0.2) is 31.3 Å². The number of aromatic nitrogens is 2. The Morgan fingerprint density at radius 2 is 1.74 bits per heavy atom. The number of benzene rings is 1. The van der Waals surface area contributed by atoms with E-state index in [1.165, 1.54) is 11.3 Å². The number of thiophene rings is 1. The number of H-pyrrole nitrogens is 1. The molecule has 144 valence electrons. The second-order valence-corrected chi connectivity index (χ2v) is 7.40. The number of hydrogen-bond donors (Lipinski definition) is 2. The summed E-state index contributed by atoms with van der Waals surface area (Å²) in [5.74, 6) is 2.19. The largest absolute Gasteiger partial charge is 0.493 e. The zero-order valence-electron chi connectivity index (χ0n) is 16.2. The van der Waals surface area contributed by atoms with Crippen molar-refractivity contribution in [2.24, 2.45) is 0 Å². The first-order chi connectivity index (χ1) is 12.9. The summed E-state index contributed by atoms with van der Waals surface area (Å²) < 4.78 is 16.1. The number of anilines is 1. The van der Waals surface area contributed by atoms with Gasteiger partial charge in [-0.3, -0.25) is 4.79 Å². The molecule has 0 saturated heterocycles. The molecule has 0 aliphatic rings. The fourth-order valence-corrected chi connectivity index (χ4v) is 4.00. The average Bonchev–Trinajstić information content (AvgIpc) is 2.94. The molecule has 1 atom stereocenters. The van der Waals surface area contributed by atoms with Crippen molar-refractivity contribution in [1.29, 1.82) is 0 Å². The Bertz CT molecular complexity index is 1020. The quantitative estimate of drug-likeness (QED) is 0.667. The van der Waals surface area contributed by atoms with Gasteiger partial charge in [-0.25, -0.2) is 4.98 Å². The summed E-state index contributed by atoms with van der Waals surface area (Å²) in [6.07, 6.45) is 0. The molecule has 0 bridgehead atoms. The van der Waals surface area contributed by atoms with Crippen LogP contribution in [0.25, 0.3) is 10.2 Å². The molecule has 0 saturated carbocycles. The Hall–Kier alpha value is -2.74. The van der Waals surface area contributed by atoms with Gasteiger partial charge in [-0.1, -0.05) is 0 Å². The molecular formula is C19H23N3O4S. The number of methoxy groups -OCH3 is 3. The number of aryl methyl sites for hydroxylation is 2. The molecule has 0 aliphatic carbocycles. The van der Waals surface area contributed by atoms with Crippen molar-refractivity contribution in [1.82, 2.24) is 9.97 Å². The van der Waals surface area contributed by atoms with Crippen LogP contribution in [0.4, 0.5) is 5.69 Å². The highest BCUT2D eigenvalue weighted by atomic mass is 32.1. The first-order valence-corrected chi connectivity index (χ1v) is 9.27. The van der Waals surface area contributed by atoms with E-state index >= 15 is 0 Å². The first-order valence-electron chi connectivity index (χ1n) is 8.46. The zero-order valence-corrected chi connectivity index (χ0v) is 17.0. The summed E-state index contributed by atoms with van der Waals surface area (Å²) in [6.45, 7) is 5.88. The van der Waals surface area contributed by atoms with Crippen LogP contribution in [0.1, 0.15) is 29.2 Å². The van der Waals surface area contributed by atoms with Crippen LogP contribution in [0.15, 0.2) is 16.9 Å². The molecule has 2 aromatic heterocycles. The van der Waals surface area contributed by atoms with E-state index in [-0.39, 0.29) is 11.6 Å². The molecule has 7 nitrogen and oxygen atoms in total. The van der Waals surface area contributed by atoms with Gasteiger partial charge in [-0.2, -0.15) is 0 Å². The number of fused-ring (bicyclic) bond motifs is 1. The summed E-state index contributed by atoms with van der Waals surface area (Å²) in [5.41, 5.74) is 1.63. The molecule has 3 aromatic rings. The van der Waals surface area contributed by atoms with Gasteiger partial charge in [0.05, 0.1) is 32.8 Å². The van der Waals surface area contributed by atoms with Gasteiger partial charge in [-0.05, 0) is 26.3 Å². The Morgan fingerprint density at radius 1 is 1.11 bits per heavy atom. The van der Waals surface area contributed by atoms with Crippen LogP contribution in [0, 0.1) is 13.8 Å². The predicted molar refractivity (Wildman–Crippen MR) is 108 cm³/mol. The van der Waals surface area contributed by atoms with Gasteiger partial charge in [0.15, 0.2) is 11.5 Å². The zero-order chi connectivity index (χ0) is 19.7. The van der Waals surface area contributed by atoms with E-state index in [9.17, 15) is 4.79 Å². The van der Waals surface area contributed by atoms with Gasteiger partial charge in [0.25, 0.3) is 5.56 Å². The Balaban J connectivity index is 1.97. The van der Waals surface area contributed by atoms with Crippen LogP contribution < -0.4 is 25.1 Å². The van der Waals surface area contributed by atoms with Gasteiger partial charge in [0.2, 0.25) is 5.75 Å². The van der Waals surface area contributed by atoms with E-state index in [0.717, 1.165) is 21.0 Å². The van der Waals surface area contributed by atoms with Gasteiger partial charge in [0, 0.05) is 22.7 Å². The molecule has 2 heterocycles. The van der Waals surface area contributed by atoms with Crippen molar-refractivity contribution in [3.05, 3.63) is 38.8 Å². The molecule has 1 unspecified atom stereocenters. The third kappa shape index (κ3) is 3.44. The van der Waals surface area contributed by atoms with Crippen LogP contribution in [0.5, 0.6) is 17.2 Å². The van der Waals surface area contributed by atoms with Crippen LogP contribution in [0.2, 0.25) is 0 Å². The maximum atomic E-state index is 12.5. The Morgan fingerprint density at radius 3 is 2.30 bits per heavy atom. The van der Waals surface area contributed by atoms with Gasteiger partial charge in [-0.15, -0.1) is 11.3 Å². The maximum Gasteiger partial charge on any atom is 0.259 e. The van der Waals surface area contributed by atoms with Crippen molar-refractivity contribution in [3.8, 4) is 17.2 Å². The lowest BCUT2D eigenvalue weighted by Gasteiger charge is -2.18. The first kappa shape index (κ1) is 19.0. The number of nitrogens with zero attached hydrogens (tertiary/aromatic N) is 1. The van der Waals surface area contributed by atoms with Crippen LogP contribution in [-0.2, 0) is 0 Å². The number of aromatic amines is 1. The molecule has 1 aromatic carbocycles. The lowest BCUT2D eigenvalue weighted by Crippen LogP contribution is -2.17. The van der Waals surface area contributed by atoms with Gasteiger partial charge in [0.1, 0.15) is 10.7 Å². The van der Waals surface area contributed by atoms with Crippen molar-refractivity contribution >= 4 is 27.2 Å². The van der Waals surface area contributed by atoms with Crippen LogP contribution in [0.3, 0.4) is 0 Å². The number of hydrogen-bond acceptors (Lipinski definition) is 7. The summed E-state index contributed by atoms with van der Waals surface area (Å²) in [5, 5.41) is 4.00. The average molecular weight is 389 g/mol. The normalized spacial score (nSPS) is 12.1. The second kappa shape index (κ2) is 7.48. The monoisotopic (exact) mass is 389 g/mol. The Labute approximate surface area is 161 Å². The summed E-state index contributed by atoms with van der Waals surface area (Å²) in [4.78, 5) is 21.9. The third-order valence-corrected chi connectivity index (χ3v) is 5.62. The molecule has 8 heteroatoms. The standard InChI is InChI=1S/C19H23N3O4S/c1-9-11(3)27-19-15(9)18(23)21-17(22-19)10(2)20-12-7-13(24-4)16(26-6)14(8-12)25-5/h7-8,10,20H,1-6H3,(H,21,22,23). The number of rotatable bonds is 6. The molecule has 0 spiro atoms. The van der Waals surface area contributed by atoms with E-state index < -0.39 is 0 Å². The topological polar surface area (TPSA) is 85.5 Å². The molecule has 0 radical (unpaired) electrons. The van der Waals surface area contributed by atoms with Crippen molar-refractivity contribution in [2.45, 2.75) is 26.8 Å². The van der Waals surface area contributed by atoms with Crippen LogP contribution >= 0.6 is 11.3 Å². The third-order valence-electron chi connectivity index (χ3n) is 4.52. The molecule has 0 amide bonds. The predicted octanol–water partition coefficient (Wildman–Crippen LogP) is 3.80. The smallest absolute Gasteiger partial charge is 0.259 e.